The minimum absolute atomic E-state index is 0.215. The normalized spacial score (nSPS) is 26.8. The van der Waals surface area contributed by atoms with Gasteiger partial charge in [0.2, 0.25) is 0 Å². The third kappa shape index (κ3) is 4.26. The number of pyridine rings is 1. The van der Waals surface area contributed by atoms with Crippen molar-refractivity contribution < 1.29 is 4.39 Å². The van der Waals surface area contributed by atoms with Crippen molar-refractivity contribution in [2.24, 2.45) is 17.3 Å². The van der Waals surface area contributed by atoms with Crippen LogP contribution in [-0.2, 0) is 0 Å². The number of nitrogens with zero attached hydrogens (tertiary/aromatic N) is 1. The molecule has 1 fully saturated rings. The molecule has 0 radical (unpaired) electrons. The second-order valence-electron chi connectivity index (χ2n) is 7.49. The van der Waals surface area contributed by atoms with Crippen molar-refractivity contribution >= 4 is 0 Å². The molecule has 2 nitrogen and oxygen atoms in total. The van der Waals surface area contributed by atoms with Gasteiger partial charge in [0.1, 0.15) is 5.82 Å². The van der Waals surface area contributed by atoms with Crippen LogP contribution in [0.5, 0.6) is 0 Å². The lowest BCUT2D eigenvalue weighted by Gasteiger charge is -2.42. The van der Waals surface area contributed by atoms with Crippen LogP contribution in [0.4, 0.5) is 4.39 Å². The summed E-state index contributed by atoms with van der Waals surface area (Å²) in [5.74, 6) is 1.49. The highest BCUT2D eigenvalue weighted by Gasteiger charge is 2.36. The highest BCUT2D eigenvalue weighted by Crippen LogP contribution is 2.46. The van der Waals surface area contributed by atoms with Crippen molar-refractivity contribution in [3.63, 3.8) is 0 Å². The first-order chi connectivity index (χ1) is 9.91. The molecular formula is C18H29FN2. The van der Waals surface area contributed by atoms with Gasteiger partial charge >= 0.3 is 0 Å². The van der Waals surface area contributed by atoms with Crippen LogP contribution in [0.3, 0.4) is 0 Å². The Morgan fingerprint density at radius 3 is 2.67 bits per heavy atom. The average Bonchev–Trinajstić information content (AvgIpc) is 2.44. The highest BCUT2D eigenvalue weighted by molar-refractivity contribution is 5.18. The summed E-state index contributed by atoms with van der Waals surface area (Å²) < 4.78 is 13.6. The van der Waals surface area contributed by atoms with E-state index in [0.717, 1.165) is 25.1 Å². The maximum Gasteiger partial charge on any atom is 0.141 e. The fourth-order valence-electron chi connectivity index (χ4n) is 3.63. The number of hydrogen-bond donors (Lipinski definition) is 1. The van der Waals surface area contributed by atoms with E-state index in [4.69, 9.17) is 0 Å². The van der Waals surface area contributed by atoms with E-state index in [2.05, 4.69) is 38.0 Å². The molecule has 1 aliphatic carbocycles. The molecule has 118 valence electrons. The van der Waals surface area contributed by atoms with Gasteiger partial charge in [0.15, 0.2) is 0 Å². The molecule has 0 amide bonds. The summed E-state index contributed by atoms with van der Waals surface area (Å²) in [5.41, 5.74) is 1.40. The van der Waals surface area contributed by atoms with Crippen molar-refractivity contribution in [1.29, 1.82) is 0 Å². The molecule has 3 unspecified atom stereocenters. The maximum absolute atomic E-state index is 13.6. The van der Waals surface area contributed by atoms with Crippen LogP contribution in [0.1, 0.15) is 58.4 Å². The van der Waals surface area contributed by atoms with E-state index in [-0.39, 0.29) is 5.82 Å². The van der Waals surface area contributed by atoms with E-state index in [1.165, 1.54) is 19.0 Å². The molecule has 21 heavy (non-hydrogen) atoms. The average molecular weight is 292 g/mol. The minimum atomic E-state index is -0.215. The Labute approximate surface area is 128 Å². The quantitative estimate of drug-likeness (QED) is 0.891. The van der Waals surface area contributed by atoms with Gasteiger partial charge in [-0.2, -0.15) is 0 Å². The molecule has 3 heteroatoms. The Morgan fingerprint density at radius 1 is 1.29 bits per heavy atom. The molecule has 2 rings (SSSR count). The summed E-state index contributed by atoms with van der Waals surface area (Å²) in [5, 5.41) is 3.47. The second-order valence-corrected chi connectivity index (χ2v) is 7.49. The molecule has 0 saturated heterocycles. The molecule has 1 aromatic rings. The molecule has 0 bridgehead atoms. The summed E-state index contributed by atoms with van der Waals surface area (Å²) in [6.45, 7) is 11.1. The molecule has 3 atom stereocenters. The number of aromatic nitrogens is 1. The predicted octanol–water partition coefficient (Wildman–Crippen LogP) is 4.38. The Bertz CT molecular complexity index is 453. The molecule has 0 aromatic carbocycles. The van der Waals surface area contributed by atoms with E-state index in [9.17, 15) is 4.39 Å². The third-order valence-electron chi connectivity index (χ3n) is 5.03. The van der Waals surface area contributed by atoms with Gasteiger partial charge in [-0.3, -0.25) is 4.98 Å². The molecule has 1 heterocycles. The fourth-order valence-corrected chi connectivity index (χ4v) is 3.63. The number of hydrogen-bond acceptors (Lipinski definition) is 2. The Kier molecular flexibility index (Phi) is 5.37. The molecular weight excluding hydrogens is 263 g/mol. The number of rotatable bonds is 4. The standard InChI is InChI=1S/C18H29FN2/c1-5-20-10-13-6-7-15(18(2,3)4)9-17(13)14-8-16(19)12-21-11-14/h8,11-13,15,17,20H,5-7,9-10H2,1-4H3. The predicted molar refractivity (Wildman–Crippen MR) is 85.8 cm³/mol. The first-order valence-electron chi connectivity index (χ1n) is 8.23. The van der Waals surface area contributed by atoms with Crippen LogP contribution in [0.2, 0.25) is 0 Å². The first-order valence-corrected chi connectivity index (χ1v) is 8.23. The summed E-state index contributed by atoms with van der Waals surface area (Å²) in [7, 11) is 0. The van der Waals surface area contributed by atoms with Crippen LogP contribution in [0.25, 0.3) is 0 Å². The molecule has 1 N–H and O–H groups in total. The topological polar surface area (TPSA) is 24.9 Å². The van der Waals surface area contributed by atoms with Gasteiger partial charge < -0.3 is 5.32 Å². The van der Waals surface area contributed by atoms with Gasteiger partial charge in [-0.25, -0.2) is 4.39 Å². The van der Waals surface area contributed by atoms with Gasteiger partial charge in [0.05, 0.1) is 6.20 Å². The van der Waals surface area contributed by atoms with Gasteiger partial charge in [0.25, 0.3) is 0 Å². The van der Waals surface area contributed by atoms with Crippen LogP contribution in [-0.4, -0.2) is 18.1 Å². The molecule has 0 spiro atoms. The van der Waals surface area contributed by atoms with Crippen LogP contribution in [0.15, 0.2) is 18.5 Å². The molecule has 1 saturated carbocycles. The largest absolute Gasteiger partial charge is 0.317 e. The van der Waals surface area contributed by atoms with Crippen LogP contribution >= 0.6 is 0 Å². The highest BCUT2D eigenvalue weighted by atomic mass is 19.1. The Hall–Kier alpha value is -0.960. The van der Waals surface area contributed by atoms with Crippen LogP contribution < -0.4 is 5.32 Å². The van der Waals surface area contributed by atoms with Gasteiger partial charge in [-0.1, -0.05) is 27.7 Å². The summed E-state index contributed by atoms with van der Waals surface area (Å²) >= 11 is 0. The molecule has 1 aliphatic rings. The van der Waals surface area contributed by atoms with E-state index >= 15 is 0 Å². The number of nitrogens with one attached hydrogen (secondary N) is 1. The lowest BCUT2D eigenvalue weighted by molar-refractivity contribution is 0.129. The number of halogens is 1. The van der Waals surface area contributed by atoms with Crippen molar-refractivity contribution in [1.82, 2.24) is 10.3 Å². The SMILES string of the molecule is CCNCC1CCC(C(C)(C)C)CC1c1cncc(F)c1. The lowest BCUT2D eigenvalue weighted by atomic mass is 9.64. The van der Waals surface area contributed by atoms with E-state index in [1.54, 1.807) is 6.07 Å². The smallest absolute Gasteiger partial charge is 0.141 e. The van der Waals surface area contributed by atoms with Gasteiger partial charge in [-0.05, 0) is 67.2 Å². The van der Waals surface area contributed by atoms with Gasteiger partial charge in [-0.15, -0.1) is 0 Å². The molecule has 0 aliphatic heterocycles. The second kappa shape index (κ2) is 6.87. The molecule has 1 aromatic heterocycles. The van der Waals surface area contributed by atoms with Crippen LogP contribution in [0, 0.1) is 23.1 Å². The fraction of sp³-hybridized carbons (Fsp3) is 0.722. The van der Waals surface area contributed by atoms with Crippen molar-refractivity contribution in [3.05, 3.63) is 29.8 Å². The van der Waals surface area contributed by atoms with Crippen molar-refractivity contribution in [2.45, 2.75) is 52.9 Å². The first kappa shape index (κ1) is 16.4. The monoisotopic (exact) mass is 292 g/mol. The summed E-state index contributed by atoms with van der Waals surface area (Å²) in [6, 6.07) is 1.68. The van der Waals surface area contributed by atoms with Gasteiger partial charge in [0, 0.05) is 6.20 Å². The summed E-state index contributed by atoms with van der Waals surface area (Å²) in [6.07, 6.45) is 6.80. The van der Waals surface area contributed by atoms with Crippen molar-refractivity contribution in [2.75, 3.05) is 13.1 Å². The Morgan fingerprint density at radius 2 is 2.05 bits per heavy atom. The van der Waals surface area contributed by atoms with Crippen molar-refractivity contribution in [3.8, 4) is 0 Å². The van der Waals surface area contributed by atoms with E-state index in [1.807, 2.05) is 6.20 Å². The van der Waals surface area contributed by atoms with E-state index < -0.39 is 0 Å². The zero-order valence-electron chi connectivity index (χ0n) is 13.8. The van der Waals surface area contributed by atoms with E-state index in [0.29, 0.717) is 23.2 Å². The zero-order chi connectivity index (χ0) is 15.5. The zero-order valence-corrected chi connectivity index (χ0v) is 13.8. The maximum atomic E-state index is 13.6. The summed E-state index contributed by atoms with van der Waals surface area (Å²) in [4.78, 5) is 4.07. The lowest BCUT2D eigenvalue weighted by Crippen LogP contribution is -2.35. The minimum Gasteiger partial charge on any atom is -0.317 e. The Balaban J connectivity index is 2.20. The third-order valence-corrected chi connectivity index (χ3v) is 5.03.